The first-order chi connectivity index (χ1) is 15.6. The van der Waals surface area contributed by atoms with E-state index in [4.69, 9.17) is 10.5 Å². The largest absolute Gasteiger partial charge is 0.445 e. The highest BCUT2D eigenvalue weighted by Crippen LogP contribution is 2.22. The summed E-state index contributed by atoms with van der Waals surface area (Å²) < 4.78 is 5.36. The molecule has 7 heteroatoms. The highest BCUT2D eigenvalue weighted by atomic mass is 32.2. The molecule has 3 aromatic rings. The monoisotopic (exact) mass is 449 g/mol. The number of hydrogen-bond donors (Lipinski definition) is 3. The number of benzene rings is 3. The Morgan fingerprint density at radius 1 is 0.969 bits per heavy atom. The van der Waals surface area contributed by atoms with E-state index in [9.17, 15) is 9.59 Å². The van der Waals surface area contributed by atoms with Crippen LogP contribution in [-0.2, 0) is 22.7 Å². The summed E-state index contributed by atoms with van der Waals surface area (Å²) in [7, 11) is 0. The molecule has 0 saturated carbocycles. The zero-order valence-electron chi connectivity index (χ0n) is 17.9. The number of ether oxygens (including phenoxy) is 1. The molecule has 0 radical (unpaired) electrons. The van der Waals surface area contributed by atoms with Crippen LogP contribution in [0.3, 0.4) is 0 Å². The Morgan fingerprint density at radius 3 is 2.38 bits per heavy atom. The van der Waals surface area contributed by atoms with Gasteiger partial charge in [-0.15, -0.1) is 11.8 Å². The predicted molar refractivity (Wildman–Crippen MR) is 128 cm³/mol. The van der Waals surface area contributed by atoms with Gasteiger partial charge < -0.3 is 21.1 Å². The second kappa shape index (κ2) is 11.9. The van der Waals surface area contributed by atoms with Crippen LogP contribution in [0.25, 0.3) is 0 Å². The SMILES string of the molecule is CSc1ccc([C@H](CC(=O)Nc2cccc(CN)c2)NC(=O)OCc2ccccc2)cc1. The molecule has 0 bridgehead atoms. The summed E-state index contributed by atoms with van der Waals surface area (Å²) in [6, 6.07) is 24.0. The van der Waals surface area contributed by atoms with Crippen LogP contribution in [0.5, 0.6) is 0 Å². The van der Waals surface area contributed by atoms with Gasteiger partial charge in [-0.2, -0.15) is 0 Å². The maximum atomic E-state index is 12.7. The molecule has 0 spiro atoms. The van der Waals surface area contributed by atoms with Crippen LogP contribution >= 0.6 is 11.8 Å². The van der Waals surface area contributed by atoms with E-state index in [-0.39, 0.29) is 18.9 Å². The van der Waals surface area contributed by atoms with Crippen LogP contribution in [0.2, 0.25) is 0 Å². The lowest BCUT2D eigenvalue weighted by molar-refractivity contribution is -0.116. The fourth-order valence-corrected chi connectivity index (χ4v) is 3.58. The summed E-state index contributed by atoms with van der Waals surface area (Å²) >= 11 is 1.63. The van der Waals surface area contributed by atoms with Crippen molar-refractivity contribution in [2.75, 3.05) is 11.6 Å². The van der Waals surface area contributed by atoms with Gasteiger partial charge in [0.05, 0.1) is 12.5 Å². The molecule has 0 unspecified atom stereocenters. The van der Waals surface area contributed by atoms with Gasteiger partial charge in [-0.05, 0) is 47.2 Å². The molecule has 32 heavy (non-hydrogen) atoms. The molecule has 0 heterocycles. The topological polar surface area (TPSA) is 93.5 Å². The smallest absolute Gasteiger partial charge is 0.407 e. The second-order valence-corrected chi connectivity index (χ2v) is 8.07. The van der Waals surface area contributed by atoms with Crippen LogP contribution in [0.1, 0.15) is 29.2 Å². The van der Waals surface area contributed by atoms with Crippen molar-refractivity contribution >= 4 is 29.4 Å². The summed E-state index contributed by atoms with van der Waals surface area (Å²) in [4.78, 5) is 26.3. The van der Waals surface area contributed by atoms with Gasteiger partial charge in [0.25, 0.3) is 0 Å². The van der Waals surface area contributed by atoms with Crippen molar-refractivity contribution in [1.82, 2.24) is 5.32 Å². The highest BCUT2D eigenvalue weighted by molar-refractivity contribution is 7.98. The molecule has 6 nitrogen and oxygen atoms in total. The van der Waals surface area contributed by atoms with Gasteiger partial charge in [-0.1, -0.05) is 54.6 Å². The predicted octanol–water partition coefficient (Wildman–Crippen LogP) is 4.86. The van der Waals surface area contributed by atoms with Crippen LogP contribution in [-0.4, -0.2) is 18.3 Å². The molecule has 3 aromatic carbocycles. The third-order valence-electron chi connectivity index (χ3n) is 4.86. The highest BCUT2D eigenvalue weighted by Gasteiger charge is 2.20. The summed E-state index contributed by atoms with van der Waals surface area (Å²) in [6.07, 6.45) is 1.48. The summed E-state index contributed by atoms with van der Waals surface area (Å²) in [6.45, 7) is 0.547. The van der Waals surface area contributed by atoms with Crippen molar-refractivity contribution in [3.05, 3.63) is 95.6 Å². The molecule has 4 N–H and O–H groups in total. The van der Waals surface area contributed by atoms with Crippen molar-refractivity contribution in [1.29, 1.82) is 0 Å². The zero-order valence-corrected chi connectivity index (χ0v) is 18.7. The number of thioether (sulfide) groups is 1. The number of nitrogens with two attached hydrogens (primary N) is 1. The van der Waals surface area contributed by atoms with E-state index in [2.05, 4.69) is 10.6 Å². The van der Waals surface area contributed by atoms with Gasteiger partial charge in [-0.25, -0.2) is 4.79 Å². The third-order valence-corrected chi connectivity index (χ3v) is 5.60. The Hall–Kier alpha value is -3.29. The maximum Gasteiger partial charge on any atom is 0.407 e. The molecular formula is C25H27N3O3S. The Morgan fingerprint density at radius 2 is 1.69 bits per heavy atom. The average molecular weight is 450 g/mol. The minimum Gasteiger partial charge on any atom is -0.445 e. The van der Waals surface area contributed by atoms with Crippen molar-refractivity contribution in [2.24, 2.45) is 5.73 Å². The first-order valence-electron chi connectivity index (χ1n) is 10.3. The van der Waals surface area contributed by atoms with E-state index in [0.29, 0.717) is 12.2 Å². The molecule has 0 saturated heterocycles. The van der Waals surface area contributed by atoms with E-state index in [1.165, 1.54) is 0 Å². The summed E-state index contributed by atoms with van der Waals surface area (Å²) in [5, 5.41) is 5.71. The van der Waals surface area contributed by atoms with E-state index in [1.807, 2.05) is 79.1 Å². The number of anilines is 1. The Bertz CT molecular complexity index is 1030. The van der Waals surface area contributed by atoms with Gasteiger partial charge in [0.15, 0.2) is 0 Å². The molecule has 166 valence electrons. The lowest BCUT2D eigenvalue weighted by Gasteiger charge is -2.19. The van der Waals surface area contributed by atoms with Gasteiger partial charge in [0.1, 0.15) is 6.61 Å². The minimum atomic E-state index is -0.578. The van der Waals surface area contributed by atoms with Crippen LogP contribution in [0.4, 0.5) is 10.5 Å². The van der Waals surface area contributed by atoms with E-state index in [0.717, 1.165) is 21.6 Å². The first-order valence-corrected chi connectivity index (χ1v) is 11.5. The molecular weight excluding hydrogens is 422 g/mol. The Labute approximate surface area is 192 Å². The van der Waals surface area contributed by atoms with Gasteiger partial charge in [0.2, 0.25) is 5.91 Å². The fourth-order valence-electron chi connectivity index (χ4n) is 3.17. The average Bonchev–Trinajstić information content (AvgIpc) is 2.83. The lowest BCUT2D eigenvalue weighted by Crippen LogP contribution is -2.32. The van der Waals surface area contributed by atoms with Crippen LogP contribution in [0.15, 0.2) is 83.8 Å². The molecule has 1 atom stereocenters. The van der Waals surface area contributed by atoms with Gasteiger partial charge >= 0.3 is 6.09 Å². The number of amides is 2. The molecule has 0 fully saturated rings. The second-order valence-electron chi connectivity index (χ2n) is 7.19. The molecule has 2 amide bonds. The van der Waals surface area contributed by atoms with Crippen molar-refractivity contribution in [3.8, 4) is 0 Å². The maximum absolute atomic E-state index is 12.7. The summed E-state index contributed by atoms with van der Waals surface area (Å²) in [5.41, 5.74) is 8.99. The normalized spacial score (nSPS) is 11.4. The van der Waals surface area contributed by atoms with Gasteiger partial charge in [0, 0.05) is 17.1 Å². The van der Waals surface area contributed by atoms with Crippen LogP contribution in [0, 0.1) is 0 Å². The number of carbonyl (C=O) groups is 2. The zero-order chi connectivity index (χ0) is 22.8. The van der Waals surface area contributed by atoms with E-state index >= 15 is 0 Å². The molecule has 3 rings (SSSR count). The number of nitrogens with one attached hydrogen (secondary N) is 2. The van der Waals surface area contributed by atoms with E-state index < -0.39 is 12.1 Å². The van der Waals surface area contributed by atoms with E-state index in [1.54, 1.807) is 17.8 Å². The first kappa shape index (κ1) is 23.4. The number of alkyl carbamates (subject to hydrolysis) is 1. The van der Waals surface area contributed by atoms with Crippen molar-refractivity contribution in [2.45, 2.75) is 30.5 Å². The quantitative estimate of drug-likeness (QED) is 0.406. The molecule has 0 aliphatic heterocycles. The van der Waals surface area contributed by atoms with Gasteiger partial charge in [-0.3, -0.25) is 4.79 Å². The standard InChI is InChI=1S/C25H27N3O3S/c1-32-22-12-10-20(11-13-22)23(28-25(30)31-17-18-6-3-2-4-7-18)15-24(29)27-21-9-5-8-19(14-21)16-26/h2-14,23H,15-17,26H2,1H3,(H,27,29)(H,28,30)/t23-/m0/s1. The van der Waals surface area contributed by atoms with Crippen LogP contribution < -0.4 is 16.4 Å². The van der Waals surface area contributed by atoms with Crippen molar-refractivity contribution in [3.63, 3.8) is 0 Å². The minimum absolute atomic E-state index is 0.0614. The Balaban J connectivity index is 1.68. The lowest BCUT2D eigenvalue weighted by atomic mass is 10.0. The Kier molecular flexibility index (Phi) is 8.71. The van der Waals surface area contributed by atoms with Crippen molar-refractivity contribution < 1.29 is 14.3 Å². The molecule has 0 aliphatic carbocycles. The fraction of sp³-hybridized carbons (Fsp3) is 0.200. The number of hydrogen-bond acceptors (Lipinski definition) is 5. The third kappa shape index (κ3) is 7.14. The number of carbonyl (C=O) groups excluding carboxylic acids is 2. The molecule has 0 aliphatic rings. The molecule has 0 aromatic heterocycles. The number of rotatable bonds is 9. The summed E-state index contributed by atoms with van der Waals surface area (Å²) in [5.74, 6) is -0.221.